The predicted octanol–water partition coefficient (Wildman–Crippen LogP) is 0.128. The van der Waals surface area contributed by atoms with Crippen molar-refractivity contribution < 1.29 is 9.59 Å². The molecule has 1 aliphatic rings. The molecule has 88 valence electrons. The van der Waals surface area contributed by atoms with E-state index in [0.29, 0.717) is 0 Å². The second-order valence-electron chi connectivity index (χ2n) is 3.65. The summed E-state index contributed by atoms with van der Waals surface area (Å²) in [5, 5.41) is 2.64. The average molecular weight is 232 g/mol. The molecule has 2 atom stereocenters. The van der Waals surface area contributed by atoms with Gasteiger partial charge in [-0.15, -0.1) is 0 Å². The number of nitrogens with zero attached hydrogens (tertiary/aromatic N) is 1. The second kappa shape index (κ2) is 4.75. The molecule has 6 heteroatoms. The van der Waals surface area contributed by atoms with Crippen molar-refractivity contribution in [3.8, 4) is 0 Å². The smallest absolute Gasteiger partial charge is 0.328 e. The summed E-state index contributed by atoms with van der Waals surface area (Å²) in [4.78, 5) is 26.4. The number of urea groups is 1. The Morgan fingerprint density at radius 2 is 2.06 bits per heavy atom. The van der Waals surface area contributed by atoms with Crippen LogP contribution in [-0.4, -0.2) is 18.2 Å². The summed E-state index contributed by atoms with van der Waals surface area (Å²) in [6, 6.07) is 8.31. The fourth-order valence-corrected chi connectivity index (χ4v) is 1.76. The van der Waals surface area contributed by atoms with E-state index in [9.17, 15) is 9.59 Å². The Kier molecular flexibility index (Phi) is 3.15. The molecule has 0 saturated heterocycles. The molecule has 6 nitrogen and oxygen atoms in total. The number of amides is 3. The van der Waals surface area contributed by atoms with E-state index in [-0.39, 0.29) is 5.91 Å². The molecule has 0 radical (unpaired) electrons. The van der Waals surface area contributed by atoms with Gasteiger partial charge in [-0.05, 0) is 5.56 Å². The summed E-state index contributed by atoms with van der Waals surface area (Å²) >= 11 is 0. The second-order valence-corrected chi connectivity index (χ2v) is 3.65. The molecule has 17 heavy (non-hydrogen) atoms. The molecule has 0 saturated carbocycles. The SMILES string of the molecule is NNC(=O)C1C=NC(=O)NC1c1ccccc1. The summed E-state index contributed by atoms with van der Waals surface area (Å²) in [6.45, 7) is 0. The van der Waals surface area contributed by atoms with Crippen LogP contribution in [0.15, 0.2) is 35.3 Å². The molecule has 0 spiro atoms. The minimum Gasteiger partial charge on any atom is -0.328 e. The maximum absolute atomic E-state index is 11.6. The fourth-order valence-electron chi connectivity index (χ4n) is 1.76. The number of benzene rings is 1. The molecule has 2 rings (SSSR count). The highest BCUT2D eigenvalue weighted by Crippen LogP contribution is 2.23. The highest BCUT2D eigenvalue weighted by Gasteiger charge is 2.32. The molecule has 0 bridgehead atoms. The Hall–Kier alpha value is -2.21. The molecule has 2 unspecified atom stereocenters. The lowest BCUT2D eigenvalue weighted by Crippen LogP contribution is -2.46. The van der Waals surface area contributed by atoms with E-state index in [4.69, 9.17) is 5.84 Å². The fraction of sp³-hybridized carbons (Fsp3) is 0.182. The van der Waals surface area contributed by atoms with Crippen LogP contribution in [0.1, 0.15) is 11.6 Å². The van der Waals surface area contributed by atoms with Crippen LogP contribution in [-0.2, 0) is 4.79 Å². The quantitative estimate of drug-likeness (QED) is 0.384. The van der Waals surface area contributed by atoms with Gasteiger partial charge in [0.25, 0.3) is 0 Å². The van der Waals surface area contributed by atoms with E-state index in [2.05, 4.69) is 15.7 Å². The van der Waals surface area contributed by atoms with Crippen LogP contribution >= 0.6 is 0 Å². The lowest BCUT2D eigenvalue weighted by molar-refractivity contribution is -0.123. The number of nitrogens with one attached hydrogen (secondary N) is 2. The summed E-state index contributed by atoms with van der Waals surface area (Å²) < 4.78 is 0. The van der Waals surface area contributed by atoms with Gasteiger partial charge in [-0.2, -0.15) is 0 Å². The van der Waals surface area contributed by atoms with Gasteiger partial charge < -0.3 is 5.32 Å². The van der Waals surface area contributed by atoms with E-state index >= 15 is 0 Å². The zero-order chi connectivity index (χ0) is 12.3. The highest BCUT2D eigenvalue weighted by atomic mass is 16.2. The standard InChI is InChI=1S/C11H12N4O2/c12-15-10(16)8-6-13-11(17)14-9(8)7-4-2-1-3-5-7/h1-6,8-9H,12H2,(H,14,17)(H,15,16). The molecule has 1 aromatic rings. The van der Waals surface area contributed by atoms with Gasteiger partial charge in [0.15, 0.2) is 0 Å². The first kappa shape index (κ1) is 11.3. The lowest BCUT2D eigenvalue weighted by atomic mass is 9.92. The van der Waals surface area contributed by atoms with Crippen molar-refractivity contribution in [1.29, 1.82) is 0 Å². The molecule has 3 amide bonds. The van der Waals surface area contributed by atoms with Gasteiger partial charge in [0, 0.05) is 6.21 Å². The van der Waals surface area contributed by atoms with E-state index < -0.39 is 18.0 Å². The van der Waals surface area contributed by atoms with Gasteiger partial charge in [-0.25, -0.2) is 15.6 Å². The number of hydrogen-bond acceptors (Lipinski definition) is 3. The third-order valence-corrected chi connectivity index (χ3v) is 2.59. The number of hydrazine groups is 1. The Morgan fingerprint density at radius 1 is 1.35 bits per heavy atom. The highest BCUT2D eigenvalue weighted by molar-refractivity contribution is 6.00. The third kappa shape index (κ3) is 2.31. The van der Waals surface area contributed by atoms with Gasteiger partial charge in [-0.3, -0.25) is 10.2 Å². The van der Waals surface area contributed by atoms with Crippen molar-refractivity contribution in [3.05, 3.63) is 35.9 Å². The van der Waals surface area contributed by atoms with Crippen LogP contribution in [0.3, 0.4) is 0 Å². The molecule has 1 heterocycles. The molecular weight excluding hydrogens is 220 g/mol. The van der Waals surface area contributed by atoms with E-state index in [1.165, 1.54) is 6.21 Å². The summed E-state index contributed by atoms with van der Waals surface area (Å²) in [6.07, 6.45) is 1.32. The van der Waals surface area contributed by atoms with Crippen molar-refractivity contribution in [3.63, 3.8) is 0 Å². The van der Waals surface area contributed by atoms with E-state index in [1.54, 1.807) is 0 Å². The number of nitrogens with two attached hydrogens (primary N) is 1. The molecule has 0 aromatic heterocycles. The van der Waals surface area contributed by atoms with Crippen LogP contribution in [0.5, 0.6) is 0 Å². The average Bonchev–Trinajstić information content (AvgIpc) is 2.39. The van der Waals surface area contributed by atoms with Crippen LogP contribution in [0.25, 0.3) is 0 Å². The first-order chi connectivity index (χ1) is 8.22. The largest absolute Gasteiger partial charge is 0.341 e. The summed E-state index contributed by atoms with van der Waals surface area (Å²) in [5.74, 6) is 4.12. The molecule has 0 aliphatic carbocycles. The molecule has 1 aromatic carbocycles. The number of hydrogen-bond donors (Lipinski definition) is 3. The van der Waals surface area contributed by atoms with E-state index in [1.807, 2.05) is 30.3 Å². The maximum Gasteiger partial charge on any atom is 0.341 e. The van der Waals surface area contributed by atoms with Gasteiger partial charge >= 0.3 is 6.03 Å². The topological polar surface area (TPSA) is 96.6 Å². The van der Waals surface area contributed by atoms with Crippen molar-refractivity contribution in [1.82, 2.24) is 10.7 Å². The zero-order valence-corrected chi connectivity index (χ0v) is 8.96. The predicted molar refractivity (Wildman–Crippen MR) is 62.0 cm³/mol. The summed E-state index contributed by atoms with van der Waals surface area (Å²) in [7, 11) is 0. The van der Waals surface area contributed by atoms with Crippen LogP contribution in [0, 0.1) is 5.92 Å². The molecular formula is C11H12N4O2. The third-order valence-electron chi connectivity index (χ3n) is 2.59. The van der Waals surface area contributed by atoms with Gasteiger partial charge in [0.2, 0.25) is 5.91 Å². The molecule has 4 N–H and O–H groups in total. The van der Waals surface area contributed by atoms with Crippen molar-refractivity contribution in [2.75, 3.05) is 0 Å². The van der Waals surface area contributed by atoms with Gasteiger partial charge in [0.1, 0.15) is 0 Å². The normalized spacial score (nSPS) is 23.0. The Balaban J connectivity index is 2.33. The van der Waals surface area contributed by atoms with Crippen molar-refractivity contribution >= 4 is 18.2 Å². The lowest BCUT2D eigenvalue weighted by Gasteiger charge is -2.26. The number of carbonyl (C=O) groups excluding carboxylic acids is 2. The minimum absolute atomic E-state index is 0.386. The zero-order valence-electron chi connectivity index (χ0n) is 8.96. The first-order valence-corrected chi connectivity index (χ1v) is 5.12. The first-order valence-electron chi connectivity index (χ1n) is 5.12. The van der Waals surface area contributed by atoms with Crippen LogP contribution < -0.4 is 16.6 Å². The number of carbonyl (C=O) groups is 2. The van der Waals surface area contributed by atoms with Crippen LogP contribution in [0.4, 0.5) is 4.79 Å². The maximum atomic E-state index is 11.6. The van der Waals surface area contributed by atoms with Gasteiger partial charge in [0.05, 0.1) is 12.0 Å². The Labute approximate surface area is 97.9 Å². The Bertz CT molecular complexity index is 458. The van der Waals surface area contributed by atoms with E-state index in [0.717, 1.165) is 5.56 Å². The minimum atomic E-state index is -0.597. The number of rotatable bonds is 2. The monoisotopic (exact) mass is 232 g/mol. The van der Waals surface area contributed by atoms with Crippen molar-refractivity contribution in [2.24, 2.45) is 16.8 Å². The Morgan fingerprint density at radius 3 is 2.71 bits per heavy atom. The van der Waals surface area contributed by atoms with Crippen LogP contribution in [0.2, 0.25) is 0 Å². The number of aliphatic imine (C=N–C) groups is 1. The molecule has 1 aliphatic heterocycles. The summed E-state index contributed by atoms with van der Waals surface area (Å²) in [5.41, 5.74) is 2.90. The van der Waals surface area contributed by atoms with Crippen molar-refractivity contribution in [2.45, 2.75) is 6.04 Å². The van der Waals surface area contributed by atoms with Gasteiger partial charge in [-0.1, -0.05) is 30.3 Å². The molecule has 0 fully saturated rings.